The van der Waals surface area contributed by atoms with E-state index in [-0.39, 0.29) is 17.2 Å². The lowest BCUT2D eigenvalue weighted by molar-refractivity contribution is -0.0662. The molecule has 0 bridgehead atoms. The number of nitrogens with zero attached hydrogens (tertiary/aromatic N) is 1. The number of hydrogen-bond donors (Lipinski definition) is 1. The molecule has 3 rings (SSSR count). The van der Waals surface area contributed by atoms with Crippen LogP contribution >= 0.6 is 0 Å². The van der Waals surface area contributed by atoms with Crippen molar-refractivity contribution in [2.24, 2.45) is 0 Å². The SMILES string of the molecule is CC1(C)CC(Nc2cccc(-c3cnco3)c2)C(C)(C)O1. The van der Waals surface area contributed by atoms with Crippen LogP contribution < -0.4 is 5.32 Å². The molecule has 0 saturated carbocycles. The van der Waals surface area contributed by atoms with Gasteiger partial charge in [-0.2, -0.15) is 0 Å². The van der Waals surface area contributed by atoms with Gasteiger partial charge in [0.2, 0.25) is 0 Å². The van der Waals surface area contributed by atoms with Gasteiger partial charge in [0.05, 0.1) is 23.4 Å². The summed E-state index contributed by atoms with van der Waals surface area (Å²) < 4.78 is 11.5. The van der Waals surface area contributed by atoms with Gasteiger partial charge in [-0.05, 0) is 46.2 Å². The van der Waals surface area contributed by atoms with Crippen molar-refractivity contribution in [2.45, 2.75) is 51.4 Å². The lowest BCUT2D eigenvalue weighted by Crippen LogP contribution is -2.38. The van der Waals surface area contributed by atoms with Crippen LogP contribution in [0.5, 0.6) is 0 Å². The van der Waals surface area contributed by atoms with Crippen molar-refractivity contribution in [3.8, 4) is 11.3 Å². The Morgan fingerprint density at radius 2 is 2.05 bits per heavy atom. The number of rotatable bonds is 3. The van der Waals surface area contributed by atoms with E-state index in [1.807, 2.05) is 12.1 Å². The van der Waals surface area contributed by atoms with Crippen LogP contribution in [0.2, 0.25) is 0 Å². The molecule has 1 unspecified atom stereocenters. The van der Waals surface area contributed by atoms with E-state index in [2.05, 4.69) is 50.1 Å². The highest BCUT2D eigenvalue weighted by atomic mass is 16.5. The number of nitrogens with one attached hydrogen (secondary N) is 1. The molecule has 0 amide bonds. The highest BCUT2D eigenvalue weighted by molar-refractivity contribution is 5.63. The van der Waals surface area contributed by atoms with Crippen LogP contribution in [0.15, 0.2) is 41.3 Å². The first-order valence-electron chi connectivity index (χ1n) is 7.31. The van der Waals surface area contributed by atoms with E-state index in [1.165, 1.54) is 6.39 Å². The van der Waals surface area contributed by atoms with Gasteiger partial charge < -0.3 is 14.5 Å². The summed E-state index contributed by atoms with van der Waals surface area (Å²) in [4.78, 5) is 3.97. The Morgan fingerprint density at radius 1 is 1.24 bits per heavy atom. The number of benzene rings is 1. The first kappa shape index (κ1) is 14.1. The fourth-order valence-corrected chi connectivity index (χ4v) is 3.11. The fraction of sp³-hybridized carbons (Fsp3) is 0.471. The Morgan fingerprint density at radius 3 is 2.67 bits per heavy atom. The van der Waals surface area contributed by atoms with Crippen molar-refractivity contribution in [1.29, 1.82) is 0 Å². The molecule has 1 atom stereocenters. The lowest BCUT2D eigenvalue weighted by atomic mass is 9.94. The summed E-state index contributed by atoms with van der Waals surface area (Å²) in [5.41, 5.74) is 1.81. The average Bonchev–Trinajstić information content (AvgIpc) is 2.96. The van der Waals surface area contributed by atoms with Gasteiger partial charge in [-0.1, -0.05) is 12.1 Å². The van der Waals surface area contributed by atoms with Gasteiger partial charge in [0.15, 0.2) is 12.2 Å². The van der Waals surface area contributed by atoms with Crippen molar-refractivity contribution in [2.75, 3.05) is 5.32 Å². The van der Waals surface area contributed by atoms with E-state index in [9.17, 15) is 0 Å². The molecule has 1 saturated heterocycles. The van der Waals surface area contributed by atoms with Crippen LogP contribution in [-0.2, 0) is 4.74 Å². The van der Waals surface area contributed by atoms with E-state index in [1.54, 1.807) is 6.20 Å². The van der Waals surface area contributed by atoms with Gasteiger partial charge in [-0.3, -0.25) is 0 Å². The normalized spacial score (nSPS) is 23.1. The van der Waals surface area contributed by atoms with Crippen LogP contribution in [0.3, 0.4) is 0 Å². The van der Waals surface area contributed by atoms with Gasteiger partial charge in [0.25, 0.3) is 0 Å². The molecule has 0 aliphatic carbocycles. The molecular weight excluding hydrogens is 264 g/mol. The molecule has 0 radical (unpaired) electrons. The molecule has 112 valence electrons. The average molecular weight is 286 g/mol. The van der Waals surface area contributed by atoms with Crippen LogP contribution in [0, 0.1) is 0 Å². The number of ether oxygens (including phenoxy) is 1. The molecule has 2 aromatic rings. The third-order valence-electron chi connectivity index (χ3n) is 3.99. The van der Waals surface area contributed by atoms with E-state index in [0.717, 1.165) is 23.4 Å². The maximum atomic E-state index is 6.13. The van der Waals surface area contributed by atoms with Crippen molar-refractivity contribution in [3.63, 3.8) is 0 Å². The van der Waals surface area contributed by atoms with E-state index in [0.29, 0.717) is 0 Å². The first-order valence-corrected chi connectivity index (χ1v) is 7.31. The predicted octanol–water partition coefficient (Wildman–Crippen LogP) is 4.10. The van der Waals surface area contributed by atoms with Gasteiger partial charge >= 0.3 is 0 Å². The molecule has 1 N–H and O–H groups in total. The molecule has 1 aliphatic rings. The molecule has 0 spiro atoms. The lowest BCUT2D eigenvalue weighted by Gasteiger charge is -2.28. The second-order valence-electron chi connectivity index (χ2n) is 6.81. The molecule has 1 aromatic carbocycles. The summed E-state index contributed by atoms with van der Waals surface area (Å²) in [5, 5.41) is 3.60. The Balaban J connectivity index is 1.81. The fourth-order valence-electron chi connectivity index (χ4n) is 3.11. The van der Waals surface area contributed by atoms with Crippen LogP contribution in [0.25, 0.3) is 11.3 Å². The van der Waals surface area contributed by atoms with E-state index < -0.39 is 0 Å². The summed E-state index contributed by atoms with van der Waals surface area (Å²) >= 11 is 0. The largest absolute Gasteiger partial charge is 0.444 e. The highest BCUT2D eigenvalue weighted by Crippen LogP contribution is 2.39. The molecule has 1 aromatic heterocycles. The van der Waals surface area contributed by atoms with E-state index in [4.69, 9.17) is 9.15 Å². The minimum absolute atomic E-state index is 0.0935. The van der Waals surface area contributed by atoms with Crippen molar-refractivity contribution in [1.82, 2.24) is 4.98 Å². The van der Waals surface area contributed by atoms with Crippen molar-refractivity contribution in [3.05, 3.63) is 36.9 Å². The molecular formula is C17H22N2O2. The zero-order valence-electron chi connectivity index (χ0n) is 13.0. The molecule has 21 heavy (non-hydrogen) atoms. The van der Waals surface area contributed by atoms with Crippen molar-refractivity contribution >= 4 is 5.69 Å². The molecule has 4 heteroatoms. The van der Waals surface area contributed by atoms with E-state index >= 15 is 0 Å². The molecule has 1 fully saturated rings. The summed E-state index contributed by atoms with van der Waals surface area (Å²) in [6, 6.07) is 8.47. The summed E-state index contributed by atoms with van der Waals surface area (Å²) in [5.74, 6) is 0.779. The molecule has 4 nitrogen and oxygen atoms in total. The Labute approximate surface area is 125 Å². The number of aromatic nitrogens is 1. The molecule has 2 heterocycles. The maximum Gasteiger partial charge on any atom is 0.181 e. The minimum atomic E-state index is -0.189. The summed E-state index contributed by atoms with van der Waals surface area (Å²) in [7, 11) is 0. The smallest absolute Gasteiger partial charge is 0.181 e. The Hall–Kier alpha value is -1.81. The zero-order valence-corrected chi connectivity index (χ0v) is 13.0. The van der Waals surface area contributed by atoms with Crippen LogP contribution in [0.4, 0.5) is 5.69 Å². The standard InChI is InChI=1S/C17H22N2O2/c1-16(2)9-15(17(3,4)21-16)19-13-7-5-6-12(8-13)14-10-18-11-20-14/h5-8,10-11,15,19H,9H2,1-4H3. The number of anilines is 1. The topological polar surface area (TPSA) is 47.3 Å². The molecule has 1 aliphatic heterocycles. The van der Waals surface area contributed by atoms with Crippen LogP contribution in [0.1, 0.15) is 34.1 Å². The first-order chi connectivity index (χ1) is 9.86. The monoisotopic (exact) mass is 286 g/mol. The maximum absolute atomic E-state index is 6.13. The quantitative estimate of drug-likeness (QED) is 0.922. The third-order valence-corrected chi connectivity index (χ3v) is 3.99. The van der Waals surface area contributed by atoms with Gasteiger partial charge in [0, 0.05) is 11.3 Å². The third kappa shape index (κ3) is 2.95. The predicted molar refractivity (Wildman–Crippen MR) is 83.2 cm³/mol. The van der Waals surface area contributed by atoms with Gasteiger partial charge in [-0.25, -0.2) is 4.98 Å². The number of hydrogen-bond acceptors (Lipinski definition) is 4. The Bertz CT molecular complexity index is 617. The minimum Gasteiger partial charge on any atom is -0.444 e. The summed E-state index contributed by atoms with van der Waals surface area (Å²) in [6.07, 6.45) is 4.16. The second kappa shape index (κ2) is 4.88. The summed E-state index contributed by atoms with van der Waals surface area (Å²) in [6.45, 7) is 8.56. The second-order valence-corrected chi connectivity index (χ2v) is 6.81. The van der Waals surface area contributed by atoms with Gasteiger partial charge in [-0.15, -0.1) is 0 Å². The highest BCUT2D eigenvalue weighted by Gasteiger charge is 2.45. The van der Waals surface area contributed by atoms with Gasteiger partial charge in [0.1, 0.15) is 0 Å². The van der Waals surface area contributed by atoms with Crippen LogP contribution in [-0.4, -0.2) is 22.2 Å². The van der Waals surface area contributed by atoms with Crippen molar-refractivity contribution < 1.29 is 9.15 Å². The Kier molecular flexibility index (Phi) is 3.29. The zero-order chi connectivity index (χ0) is 15.1. The number of oxazole rings is 1.